The van der Waals surface area contributed by atoms with Gasteiger partial charge in [0.05, 0.1) is 0 Å². The molecule has 0 heterocycles. The van der Waals surface area contributed by atoms with Gasteiger partial charge in [0.25, 0.3) is 0 Å². The van der Waals surface area contributed by atoms with Gasteiger partial charge in [-0.25, -0.2) is 4.79 Å². The van der Waals surface area contributed by atoms with Crippen molar-refractivity contribution in [2.45, 2.75) is 20.0 Å². The monoisotopic (exact) mass is 289 g/mol. The van der Waals surface area contributed by atoms with Crippen LogP contribution in [0.4, 0.5) is 10.5 Å². The van der Waals surface area contributed by atoms with Gasteiger partial charge >= 0.3 is 6.09 Å². The number of carbonyl (C=O) groups is 1. The molecule has 0 spiro atoms. The van der Waals surface area contributed by atoms with Crippen LogP contribution in [0.2, 0.25) is 5.02 Å². The van der Waals surface area contributed by atoms with E-state index in [-0.39, 0.29) is 6.61 Å². The van der Waals surface area contributed by atoms with Crippen LogP contribution >= 0.6 is 11.6 Å². The summed E-state index contributed by atoms with van der Waals surface area (Å²) in [5.74, 6) is 0. The Morgan fingerprint density at radius 3 is 2.25 bits per heavy atom. The number of ether oxygens (including phenoxy) is 1. The van der Waals surface area contributed by atoms with Gasteiger partial charge in [-0.2, -0.15) is 0 Å². The number of carbonyl (C=O) groups excluding carboxylic acids is 1. The molecule has 104 valence electrons. The van der Waals surface area contributed by atoms with E-state index in [1.165, 1.54) is 5.56 Å². The Morgan fingerprint density at radius 2 is 1.65 bits per heavy atom. The number of anilines is 1. The van der Waals surface area contributed by atoms with Crippen molar-refractivity contribution in [1.82, 2.24) is 0 Å². The molecular weight excluding hydrogens is 274 g/mol. The number of benzene rings is 2. The van der Waals surface area contributed by atoms with Gasteiger partial charge in [0.15, 0.2) is 0 Å². The summed E-state index contributed by atoms with van der Waals surface area (Å²) in [6, 6.07) is 14.9. The summed E-state index contributed by atoms with van der Waals surface area (Å²) in [6.45, 7) is 2.30. The molecule has 0 aromatic heterocycles. The third-order valence-corrected chi connectivity index (χ3v) is 3.14. The Morgan fingerprint density at radius 1 is 1.05 bits per heavy atom. The van der Waals surface area contributed by atoms with Crippen LogP contribution in [-0.4, -0.2) is 6.09 Å². The van der Waals surface area contributed by atoms with E-state index in [9.17, 15) is 4.79 Å². The summed E-state index contributed by atoms with van der Waals surface area (Å²) in [5.41, 5.74) is 2.85. The first kappa shape index (κ1) is 14.4. The molecule has 0 saturated carbocycles. The molecule has 20 heavy (non-hydrogen) atoms. The highest BCUT2D eigenvalue weighted by Crippen LogP contribution is 2.12. The van der Waals surface area contributed by atoms with Crippen LogP contribution in [0.5, 0.6) is 0 Å². The lowest BCUT2D eigenvalue weighted by Crippen LogP contribution is -2.13. The van der Waals surface area contributed by atoms with Crippen molar-refractivity contribution in [2.24, 2.45) is 0 Å². The van der Waals surface area contributed by atoms with Crippen LogP contribution < -0.4 is 5.32 Å². The molecule has 0 radical (unpaired) electrons. The van der Waals surface area contributed by atoms with E-state index >= 15 is 0 Å². The number of aryl methyl sites for hydroxylation is 1. The summed E-state index contributed by atoms with van der Waals surface area (Å²) in [7, 11) is 0. The largest absolute Gasteiger partial charge is 0.444 e. The zero-order valence-corrected chi connectivity index (χ0v) is 12.0. The zero-order valence-electron chi connectivity index (χ0n) is 11.2. The van der Waals surface area contributed by atoms with Crippen LogP contribution in [0.3, 0.4) is 0 Å². The predicted molar refractivity (Wildman–Crippen MR) is 81.1 cm³/mol. The molecule has 0 saturated heterocycles. The average molecular weight is 290 g/mol. The van der Waals surface area contributed by atoms with Crippen molar-refractivity contribution in [3.05, 3.63) is 64.7 Å². The summed E-state index contributed by atoms with van der Waals surface area (Å²) < 4.78 is 5.14. The first-order chi connectivity index (χ1) is 9.67. The van der Waals surface area contributed by atoms with Gasteiger partial charge in [-0.15, -0.1) is 0 Å². The van der Waals surface area contributed by atoms with E-state index in [2.05, 4.69) is 12.2 Å². The number of amides is 1. The summed E-state index contributed by atoms with van der Waals surface area (Å²) >= 11 is 5.79. The minimum Gasteiger partial charge on any atom is -0.444 e. The first-order valence-electron chi connectivity index (χ1n) is 6.44. The zero-order chi connectivity index (χ0) is 14.4. The van der Waals surface area contributed by atoms with Gasteiger partial charge < -0.3 is 4.74 Å². The van der Waals surface area contributed by atoms with Gasteiger partial charge in [-0.1, -0.05) is 42.8 Å². The number of nitrogens with one attached hydrogen (secondary N) is 1. The lowest BCUT2D eigenvalue weighted by Gasteiger charge is -2.07. The molecular formula is C16H16ClNO2. The molecule has 0 atom stereocenters. The molecule has 2 aromatic carbocycles. The second kappa shape index (κ2) is 6.96. The highest BCUT2D eigenvalue weighted by atomic mass is 35.5. The van der Waals surface area contributed by atoms with Crippen LogP contribution in [0, 0.1) is 0 Å². The molecule has 0 bridgehead atoms. The average Bonchev–Trinajstić information content (AvgIpc) is 2.47. The topological polar surface area (TPSA) is 38.3 Å². The number of rotatable bonds is 4. The molecule has 0 fully saturated rings. The smallest absolute Gasteiger partial charge is 0.411 e. The van der Waals surface area contributed by atoms with Crippen LogP contribution in [0.25, 0.3) is 0 Å². The molecule has 1 amide bonds. The van der Waals surface area contributed by atoms with Gasteiger partial charge in [-0.3, -0.25) is 5.32 Å². The van der Waals surface area contributed by atoms with Crippen molar-refractivity contribution >= 4 is 23.4 Å². The minimum absolute atomic E-state index is 0.218. The lowest BCUT2D eigenvalue weighted by molar-refractivity contribution is 0.155. The van der Waals surface area contributed by atoms with E-state index in [0.29, 0.717) is 5.02 Å². The van der Waals surface area contributed by atoms with Gasteiger partial charge in [0.2, 0.25) is 0 Å². The summed E-state index contributed by atoms with van der Waals surface area (Å²) in [4.78, 5) is 11.6. The van der Waals surface area contributed by atoms with Crippen molar-refractivity contribution in [3.63, 3.8) is 0 Å². The third kappa shape index (κ3) is 4.28. The SMILES string of the molecule is CCc1ccc(NC(=O)OCc2ccc(Cl)cc2)cc1. The quantitative estimate of drug-likeness (QED) is 0.889. The molecule has 4 heteroatoms. The third-order valence-electron chi connectivity index (χ3n) is 2.89. The normalized spacial score (nSPS) is 10.1. The van der Waals surface area contributed by atoms with Gasteiger partial charge in [0.1, 0.15) is 6.61 Å². The second-order valence-corrected chi connectivity index (χ2v) is 4.81. The number of hydrogen-bond donors (Lipinski definition) is 1. The Bertz CT molecular complexity index is 564. The highest BCUT2D eigenvalue weighted by molar-refractivity contribution is 6.30. The van der Waals surface area contributed by atoms with Gasteiger partial charge in [0, 0.05) is 10.7 Å². The minimum atomic E-state index is -0.468. The van der Waals surface area contributed by atoms with Crippen LogP contribution in [-0.2, 0) is 17.8 Å². The van der Waals surface area contributed by atoms with Crippen molar-refractivity contribution in [3.8, 4) is 0 Å². The molecule has 3 nitrogen and oxygen atoms in total. The van der Waals surface area contributed by atoms with E-state index in [1.54, 1.807) is 12.1 Å². The van der Waals surface area contributed by atoms with Crippen LogP contribution in [0.15, 0.2) is 48.5 Å². The molecule has 2 rings (SSSR count). The Kier molecular flexibility index (Phi) is 5.02. The number of halogens is 1. The molecule has 0 aliphatic carbocycles. The molecule has 1 N–H and O–H groups in total. The second-order valence-electron chi connectivity index (χ2n) is 4.38. The standard InChI is InChI=1S/C16H16ClNO2/c1-2-12-5-9-15(10-6-12)18-16(19)20-11-13-3-7-14(17)8-4-13/h3-10H,2,11H2,1H3,(H,18,19). The van der Waals surface area contributed by atoms with Crippen molar-refractivity contribution < 1.29 is 9.53 Å². The van der Waals surface area contributed by atoms with E-state index < -0.39 is 6.09 Å². The van der Waals surface area contributed by atoms with Crippen molar-refractivity contribution in [1.29, 1.82) is 0 Å². The van der Waals surface area contributed by atoms with Crippen LogP contribution in [0.1, 0.15) is 18.1 Å². The Balaban J connectivity index is 1.84. The fourth-order valence-electron chi connectivity index (χ4n) is 1.71. The van der Waals surface area contributed by atoms with Gasteiger partial charge in [-0.05, 0) is 41.8 Å². The van der Waals surface area contributed by atoms with E-state index in [1.807, 2.05) is 36.4 Å². The molecule has 2 aromatic rings. The Labute approximate surface area is 123 Å². The molecule has 0 aliphatic heterocycles. The lowest BCUT2D eigenvalue weighted by atomic mass is 10.1. The molecule has 0 unspecified atom stereocenters. The van der Waals surface area contributed by atoms with E-state index in [0.717, 1.165) is 17.7 Å². The predicted octanol–water partition coefficient (Wildman–Crippen LogP) is 4.65. The number of hydrogen-bond acceptors (Lipinski definition) is 2. The Hall–Kier alpha value is -2.00. The molecule has 0 aliphatic rings. The first-order valence-corrected chi connectivity index (χ1v) is 6.82. The maximum absolute atomic E-state index is 11.6. The fourth-order valence-corrected chi connectivity index (χ4v) is 1.83. The maximum atomic E-state index is 11.6. The fraction of sp³-hybridized carbons (Fsp3) is 0.188. The van der Waals surface area contributed by atoms with Crippen molar-refractivity contribution in [2.75, 3.05) is 5.32 Å². The highest BCUT2D eigenvalue weighted by Gasteiger charge is 2.03. The van der Waals surface area contributed by atoms with E-state index in [4.69, 9.17) is 16.3 Å². The maximum Gasteiger partial charge on any atom is 0.411 e. The summed E-state index contributed by atoms with van der Waals surface area (Å²) in [6.07, 6.45) is 0.505. The summed E-state index contributed by atoms with van der Waals surface area (Å²) in [5, 5.41) is 3.35.